The predicted molar refractivity (Wildman–Crippen MR) is 123 cm³/mol. The molecular weight excluding hydrogens is 436 g/mol. The molecule has 0 spiro atoms. The monoisotopic (exact) mass is 457 g/mol. The van der Waals surface area contributed by atoms with E-state index in [2.05, 4.69) is 9.71 Å². The van der Waals surface area contributed by atoms with Crippen molar-refractivity contribution in [2.45, 2.75) is 13.5 Å². The van der Waals surface area contributed by atoms with Gasteiger partial charge in [-0.1, -0.05) is 18.9 Å². The Kier molecular flexibility index (Phi) is 6.20. The van der Waals surface area contributed by atoms with Gasteiger partial charge in [0.15, 0.2) is 11.6 Å². The van der Waals surface area contributed by atoms with Gasteiger partial charge in [0.1, 0.15) is 11.6 Å². The highest BCUT2D eigenvalue weighted by atomic mass is 32.2. The zero-order valence-corrected chi connectivity index (χ0v) is 18.2. The zero-order valence-electron chi connectivity index (χ0n) is 17.4. The average Bonchev–Trinajstić information content (AvgIpc) is 3.22. The van der Waals surface area contributed by atoms with E-state index in [-0.39, 0.29) is 17.9 Å². The summed E-state index contributed by atoms with van der Waals surface area (Å²) in [5.41, 5.74) is 2.80. The maximum Gasteiger partial charge on any atom is 0.259 e. The predicted octanol–water partition coefficient (Wildman–Crippen LogP) is 5.18. The van der Waals surface area contributed by atoms with Crippen molar-refractivity contribution < 1.29 is 18.6 Å². The highest BCUT2D eigenvalue weighted by molar-refractivity contribution is 8.00. The van der Waals surface area contributed by atoms with E-state index in [1.54, 1.807) is 31.4 Å². The Balaban J connectivity index is 1.92. The number of benzene rings is 2. The van der Waals surface area contributed by atoms with Crippen molar-refractivity contribution in [3.05, 3.63) is 76.3 Å². The summed E-state index contributed by atoms with van der Waals surface area (Å²) in [4.78, 5) is 15.7. The molecule has 0 bridgehead atoms. The number of aromatic amines is 1. The Morgan fingerprint density at radius 1 is 1.12 bits per heavy atom. The molecule has 0 saturated heterocycles. The molecular formula is C23H21F2N3O3S. The Morgan fingerprint density at radius 2 is 1.91 bits per heavy atom. The maximum atomic E-state index is 14.3. The number of rotatable bonds is 7. The number of halogens is 2. The second kappa shape index (κ2) is 9.05. The number of pyridine rings is 1. The maximum absolute atomic E-state index is 14.3. The zero-order chi connectivity index (χ0) is 22.8. The summed E-state index contributed by atoms with van der Waals surface area (Å²) in [7, 11) is 1.63. The molecule has 166 valence electrons. The lowest BCUT2D eigenvalue weighted by atomic mass is 10.0. The molecule has 0 aliphatic heterocycles. The van der Waals surface area contributed by atoms with Crippen molar-refractivity contribution in [3.8, 4) is 22.6 Å². The van der Waals surface area contributed by atoms with Crippen molar-refractivity contribution in [3.63, 3.8) is 0 Å². The van der Waals surface area contributed by atoms with Gasteiger partial charge in [0, 0.05) is 47.6 Å². The minimum absolute atomic E-state index is 0.125. The first-order valence-electron chi connectivity index (χ1n) is 9.88. The highest BCUT2D eigenvalue weighted by Gasteiger charge is 2.18. The molecule has 0 aliphatic carbocycles. The lowest BCUT2D eigenvalue weighted by molar-refractivity contribution is 0.278. The van der Waals surface area contributed by atoms with Gasteiger partial charge in [-0.2, -0.15) is 0 Å². The van der Waals surface area contributed by atoms with Crippen LogP contribution in [-0.2, 0) is 13.7 Å². The summed E-state index contributed by atoms with van der Waals surface area (Å²) in [6.07, 6.45) is 1.66. The van der Waals surface area contributed by atoms with Crippen LogP contribution in [0.4, 0.5) is 14.5 Å². The fraction of sp³-hybridized carbons (Fsp3) is 0.174. The van der Waals surface area contributed by atoms with E-state index in [1.165, 1.54) is 22.6 Å². The number of aliphatic hydroxyl groups is 1. The third-order valence-corrected chi connectivity index (χ3v) is 5.57. The van der Waals surface area contributed by atoms with E-state index in [0.29, 0.717) is 33.5 Å². The first-order chi connectivity index (χ1) is 15.4. The average molecular weight is 458 g/mol. The summed E-state index contributed by atoms with van der Waals surface area (Å²) >= 11 is 1.51. The van der Waals surface area contributed by atoms with E-state index in [9.17, 15) is 18.7 Å². The van der Waals surface area contributed by atoms with E-state index in [1.807, 2.05) is 13.0 Å². The number of nitrogens with zero attached hydrogens (tertiary/aromatic N) is 1. The van der Waals surface area contributed by atoms with Crippen LogP contribution in [0.1, 0.15) is 12.6 Å². The standard InChI is InChI=1S/C23H21F2N3O3S/c1-3-32-27-14-5-7-20(31-21-6-4-13(24)8-19(21)25)16(9-14)18-11-28(2)23(30)17-10-15(12-29)26-22(17)18/h4-11,26-27,29H,3,12H2,1-2H3. The van der Waals surface area contributed by atoms with E-state index >= 15 is 0 Å². The number of hydrogen-bond acceptors (Lipinski definition) is 5. The van der Waals surface area contributed by atoms with Crippen LogP contribution in [0.2, 0.25) is 0 Å². The van der Waals surface area contributed by atoms with Crippen LogP contribution in [0.25, 0.3) is 22.0 Å². The van der Waals surface area contributed by atoms with Crippen LogP contribution in [0.15, 0.2) is 53.5 Å². The Labute approximate surface area is 187 Å². The van der Waals surface area contributed by atoms with Gasteiger partial charge in [-0.05, 0) is 36.4 Å². The van der Waals surface area contributed by atoms with Crippen molar-refractivity contribution in [2.75, 3.05) is 10.5 Å². The van der Waals surface area contributed by atoms with Gasteiger partial charge >= 0.3 is 0 Å². The van der Waals surface area contributed by atoms with Crippen molar-refractivity contribution in [1.82, 2.24) is 9.55 Å². The van der Waals surface area contributed by atoms with Gasteiger partial charge in [-0.25, -0.2) is 8.78 Å². The fourth-order valence-electron chi connectivity index (χ4n) is 3.41. The van der Waals surface area contributed by atoms with Crippen LogP contribution in [-0.4, -0.2) is 20.4 Å². The van der Waals surface area contributed by atoms with E-state index < -0.39 is 11.6 Å². The van der Waals surface area contributed by atoms with Gasteiger partial charge in [0.05, 0.1) is 17.5 Å². The number of aliphatic hydroxyl groups excluding tert-OH is 1. The Hall–Kier alpha value is -3.30. The van der Waals surface area contributed by atoms with Gasteiger partial charge in [-0.3, -0.25) is 4.79 Å². The molecule has 6 nitrogen and oxygen atoms in total. The van der Waals surface area contributed by atoms with Crippen LogP contribution in [0, 0.1) is 11.6 Å². The van der Waals surface area contributed by atoms with Gasteiger partial charge in [0.2, 0.25) is 0 Å². The van der Waals surface area contributed by atoms with Crippen LogP contribution in [0.3, 0.4) is 0 Å². The fourth-order valence-corrected chi connectivity index (χ4v) is 3.85. The third kappa shape index (κ3) is 4.21. The molecule has 2 heterocycles. The minimum Gasteiger partial charge on any atom is -0.454 e. The summed E-state index contributed by atoms with van der Waals surface area (Å²) in [5.74, 6) is -0.487. The van der Waals surface area contributed by atoms with E-state index in [0.717, 1.165) is 23.6 Å². The van der Waals surface area contributed by atoms with Gasteiger partial charge < -0.3 is 24.1 Å². The molecule has 9 heteroatoms. The molecule has 0 unspecified atom stereocenters. The van der Waals surface area contributed by atoms with Crippen LogP contribution in [0.5, 0.6) is 11.5 Å². The topological polar surface area (TPSA) is 79.3 Å². The second-order valence-electron chi connectivity index (χ2n) is 7.12. The first-order valence-corrected chi connectivity index (χ1v) is 10.9. The van der Waals surface area contributed by atoms with Crippen molar-refractivity contribution >= 4 is 28.5 Å². The number of aromatic nitrogens is 2. The van der Waals surface area contributed by atoms with Crippen LogP contribution >= 0.6 is 11.9 Å². The number of anilines is 1. The normalized spacial score (nSPS) is 11.2. The molecule has 0 saturated carbocycles. The summed E-state index contributed by atoms with van der Waals surface area (Å²) in [6.45, 7) is 1.76. The summed E-state index contributed by atoms with van der Waals surface area (Å²) in [6, 6.07) is 10.0. The number of hydrogen-bond donors (Lipinski definition) is 3. The molecule has 2 aromatic heterocycles. The molecule has 32 heavy (non-hydrogen) atoms. The third-order valence-electron chi connectivity index (χ3n) is 4.90. The van der Waals surface area contributed by atoms with E-state index in [4.69, 9.17) is 4.74 Å². The van der Waals surface area contributed by atoms with Crippen LogP contribution < -0.4 is 15.0 Å². The van der Waals surface area contributed by atoms with Crippen molar-refractivity contribution in [2.24, 2.45) is 7.05 Å². The molecule has 0 radical (unpaired) electrons. The molecule has 0 atom stereocenters. The molecule has 0 amide bonds. The number of fused-ring (bicyclic) bond motifs is 1. The highest BCUT2D eigenvalue weighted by Crippen LogP contribution is 2.39. The summed E-state index contributed by atoms with van der Waals surface area (Å²) in [5, 5.41) is 9.97. The van der Waals surface area contributed by atoms with Gasteiger partial charge in [-0.15, -0.1) is 0 Å². The molecule has 0 fully saturated rings. The molecule has 2 aromatic carbocycles. The molecule has 3 N–H and O–H groups in total. The lowest BCUT2D eigenvalue weighted by Gasteiger charge is -2.16. The largest absolute Gasteiger partial charge is 0.454 e. The Bertz CT molecular complexity index is 1350. The summed E-state index contributed by atoms with van der Waals surface area (Å²) < 4.78 is 38.1. The quantitative estimate of drug-likeness (QED) is 0.334. The number of H-pyrrole nitrogens is 1. The first kappa shape index (κ1) is 21.9. The number of nitrogens with one attached hydrogen (secondary N) is 2. The SMILES string of the molecule is CCSNc1ccc(Oc2ccc(F)cc2F)c(-c2cn(C)c(=O)c3cc(CO)[nH]c23)c1. The van der Waals surface area contributed by atoms with Crippen molar-refractivity contribution in [1.29, 1.82) is 0 Å². The minimum atomic E-state index is -0.826. The number of aryl methyl sites for hydroxylation is 1. The molecule has 4 rings (SSSR count). The molecule has 4 aromatic rings. The lowest BCUT2D eigenvalue weighted by Crippen LogP contribution is -2.16. The number of ether oxygens (including phenoxy) is 1. The smallest absolute Gasteiger partial charge is 0.259 e. The second-order valence-corrected chi connectivity index (χ2v) is 8.19. The van der Waals surface area contributed by atoms with Gasteiger partial charge in [0.25, 0.3) is 5.56 Å². The molecule has 0 aliphatic rings. The Morgan fingerprint density at radius 3 is 2.62 bits per heavy atom.